The van der Waals surface area contributed by atoms with E-state index in [0.717, 1.165) is 15.8 Å². The molecule has 5 nitrogen and oxygen atoms in total. The van der Waals surface area contributed by atoms with E-state index < -0.39 is 0 Å². The SMILES string of the molecule is Cc1ccccc1OCCNC(=O)CCNC(=O)c1ccc(Br)cc1. The van der Waals surface area contributed by atoms with Crippen molar-refractivity contribution in [3.8, 4) is 5.75 Å². The van der Waals surface area contributed by atoms with Crippen LogP contribution in [0.5, 0.6) is 5.75 Å². The van der Waals surface area contributed by atoms with Crippen LogP contribution < -0.4 is 15.4 Å². The van der Waals surface area contributed by atoms with Gasteiger partial charge in [0.05, 0.1) is 6.54 Å². The number of aryl methyl sites for hydroxylation is 1. The summed E-state index contributed by atoms with van der Waals surface area (Å²) >= 11 is 3.32. The van der Waals surface area contributed by atoms with E-state index >= 15 is 0 Å². The van der Waals surface area contributed by atoms with Gasteiger partial charge >= 0.3 is 0 Å². The maximum Gasteiger partial charge on any atom is 0.251 e. The molecule has 0 unspecified atom stereocenters. The van der Waals surface area contributed by atoms with Gasteiger partial charge in [0.2, 0.25) is 5.91 Å². The molecule has 0 saturated carbocycles. The Morgan fingerprint density at radius 2 is 1.72 bits per heavy atom. The smallest absolute Gasteiger partial charge is 0.251 e. The number of ether oxygens (including phenoxy) is 1. The largest absolute Gasteiger partial charge is 0.491 e. The average molecular weight is 405 g/mol. The Morgan fingerprint density at radius 1 is 1.00 bits per heavy atom. The Morgan fingerprint density at radius 3 is 2.44 bits per heavy atom. The predicted molar refractivity (Wildman–Crippen MR) is 101 cm³/mol. The topological polar surface area (TPSA) is 67.4 Å². The molecule has 0 heterocycles. The zero-order valence-corrected chi connectivity index (χ0v) is 15.6. The van der Waals surface area contributed by atoms with Gasteiger partial charge in [-0.15, -0.1) is 0 Å². The third kappa shape index (κ3) is 6.58. The first kappa shape index (κ1) is 19.0. The molecule has 132 valence electrons. The molecule has 0 fully saturated rings. The molecule has 6 heteroatoms. The Hall–Kier alpha value is -2.34. The number of nitrogens with one attached hydrogen (secondary N) is 2. The molecule has 0 aliphatic rings. The number of benzene rings is 2. The van der Waals surface area contributed by atoms with E-state index in [1.807, 2.05) is 31.2 Å². The van der Waals surface area contributed by atoms with Gasteiger partial charge in [-0.05, 0) is 42.8 Å². The van der Waals surface area contributed by atoms with Crippen LogP contribution in [0.2, 0.25) is 0 Å². The number of halogens is 1. The highest BCUT2D eigenvalue weighted by Gasteiger charge is 2.06. The van der Waals surface area contributed by atoms with Crippen molar-refractivity contribution in [1.82, 2.24) is 10.6 Å². The summed E-state index contributed by atoms with van der Waals surface area (Å²) in [4.78, 5) is 23.7. The van der Waals surface area contributed by atoms with Crippen molar-refractivity contribution in [3.63, 3.8) is 0 Å². The van der Waals surface area contributed by atoms with Gasteiger partial charge in [-0.1, -0.05) is 34.1 Å². The first-order chi connectivity index (χ1) is 12.1. The lowest BCUT2D eigenvalue weighted by Crippen LogP contribution is -2.32. The van der Waals surface area contributed by atoms with E-state index in [1.54, 1.807) is 24.3 Å². The highest BCUT2D eigenvalue weighted by atomic mass is 79.9. The van der Waals surface area contributed by atoms with Gasteiger partial charge < -0.3 is 15.4 Å². The van der Waals surface area contributed by atoms with Gasteiger partial charge in [-0.25, -0.2) is 0 Å². The number of carbonyl (C=O) groups excluding carboxylic acids is 2. The minimum absolute atomic E-state index is 0.121. The van der Waals surface area contributed by atoms with Crippen molar-refractivity contribution in [2.45, 2.75) is 13.3 Å². The van der Waals surface area contributed by atoms with Crippen molar-refractivity contribution in [2.24, 2.45) is 0 Å². The number of amides is 2. The predicted octanol–water partition coefficient (Wildman–Crippen LogP) is 3.07. The summed E-state index contributed by atoms with van der Waals surface area (Å²) in [5, 5.41) is 5.50. The molecule has 0 aromatic heterocycles. The third-order valence-corrected chi connectivity index (χ3v) is 4.05. The fraction of sp³-hybridized carbons (Fsp3) is 0.263. The highest BCUT2D eigenvalue weighted by molar-refractivity contribution is 9.10. The molecular formula is C19H21BrN2O3. The van der Waals surface area contributed by atoms with Crippen LogP contribution in [0.4, 0.5) is 0 Å². The maximum absolute atomic E-state index is 11.9. The zero-order chi connectivity index (χ0) is 18.1. The maximum atomic E-state index is 11.9. The second-order valence-electron chi connectivity index (χ2n) is 5.48. The third-order valence-electron chi connectivity index (χ3n) is 3.52. The quantitative estimate of drug-likeness (QED) is 0.664. The monoisotopic (exact) mass is 404 g/mol. The van der Waals surface area contributed by atoms with Gasteiger partial charge in [-0.3, -0.25) is 9.59 Å². The number of carbonyl (C=O) groups is 2. The fourth-order valence-electron chi connectivity index (χ4n) is 2.15. The minimum atomic E-state index is -0.191. The van der Waals surface area contributed by atoms with E-state index in [9.17, 15) is 9.59 Å². The molecule has 2 aromatic carbocycles. The minimum Gasteiger partial charge on any atom is -0.491 e. The number of hydrogen-bond donors (Lipinski definition) is 2. The molecule has 2 aromatic rings. The van der Waals surface area contributed by atoms with Gasteiger partial charge in [-0.2, -0.15) is 0 Å². The standard InChI is InChI=1S/C19H21BrN2O3/c1-14-4-2-3-5-17(14)25-13-12-21-18(23)10-11-22-19(24)15-6-8-16(20)9-7-15/h2-9H,10-13H2,1H3,(H,21,23)(H,22,24). The van der Waals surface area contributed by atoms with Crippen molar-refractivity contribution in [3.05, 3.63) is 64.1 Å². The first-order valence-corrected chi connectivity index (χ1v) is 8.84. The van der Waals surface area contributed by atoms with Crippen LogP contribution in [0, 0.1) is 6.92 Å². The number of para-hydroxylation sites is 1. The lowest BCUT2D eigenvalue weighted by atomic mass is 10.2. The van der Waals surface area contributed by atoms with E-state index in [0.29, 0.717) is 25.3 Å². The molecule has 0 bridgehead atoms. The Balaban J connectivity index is 1.60. The van der Waals surface area contributed by atoms with Crippen LogP contribution in [0.15, 0.2) is 53.0 Å². The summed E-state index contributed by atoms with van der Waals surface area (Å²) in [6.45, 7) is 3.09. The van der Waals surface area contributed by atoms with E-state index in [-0.39, 0.29) is 18.2 Å². The Kier molecular flexibility index (Phi) is 7.47. The van der Waals surface area contributed by atoms with Gasteiger partial charge in [0, 0.05) is 23.0 Å². The van der Waals surface area contributed by atoms with Crippen LogP contribution >= 0.6 is 15.9 Å². The van der Waals surface area contributed by atoms with Crippen LogP contribution in [-0.4, -0.2) is 31.5 Å². The van der Waals surface area contributed by atoms with Crippen LogP contribution in [0.1, 0.15) is 22.3 Å². The molecule has 2 N–H and O–H groups in total. The van der Waals surface area contributed by atoms with E-state index in [1.165, 1.54) is 0 Å². The van der Waals surface area contributed by atoms with E-state index in [4.69, 9.17) is 4.74 Å². The van der Waals surface area contributed by atoms with E-state index in [2.05, 4.69) is 26.6 Å². The molecular weight excluding hydrogens is 384 g/mol. The molecule has 0 saturated heterocycles. The van der Waals surface area contributed by atoms with Gasteiger partial charge in [0.25, 0.3) is 5.91 Å². The zero-order valence-electron chi connectivity index (χ0n) is 14.0. The van der Waals surface area contributed by atoms with Crippen LogP contribution in [0.25, 0.3) is 0 Å². The Labute approximate surface area is 155 Å². The molecule has 0 atom stereocenters. The van der Waals surface area contributed by atoms with Crippen molar-refractivity contribution < 1.29 is 14.3 Å². The second kappa shape index (κ2) is 9.84. The number of hydrogen-bond acceptors (Lipinski definition) is 3. The average Bonchev–Trinajstić information content (AvgIpc) is 2.60. The first-order valence-electron chi connectivity index (χ1n) is 8.05. The summed E-state index contributed by atoms with van der Waals surface area (Å²) in [5.41, 5.74) is 1.62. The fourth-order valence-corrected chi connectivity index (χ4v) is 2.42. The van der Waals surface area contributed by atoms with Crippen molar-refractivity contribution in [1.29, 1.82) is 0 Å². The lowest BCUT2D eigenvalue weighted by Gasteiger charge is -2.10. The summed E-state index contributed by atoms with van der Waals surface area (Å²) < 4.78 is 6.52. The molecule has 0 aliphatic heterocycles. The summed E-state index contributed by atoms with van der Waals surface area (Å²) in [6, 6.07) is 14.8. The van der Waals surface area contributed by atoms with Gasteiger partial charge in [0.15, 0.2) is 0 Å². The van der Waals surface area contributed by atoms with Crippen molar-refractivity contribution in [2.75, 3.05) is 19.7 Å². The normalized spacial score (nSPS) is 10.2. The summed E-state index contributed by atoms with van der Waals surface area (Å²) in [7, 11) is 0. The molecule has 0 radical (unpaired) electrons. The summed E-state index contributed by atoms with van der Waals surface area (Å²) in [6.07, 6.45) is 0.229. The van der Waals surface area contributed by atoms with Crippen LogP contribution in [-0.2, 0) is 4.79 Å². The van der Waals surface area contributed by atoms with Gasteiger partial charge in [0.1, 0.15) is 12.4 Å². The molecule has 25 heavy (non-hydrogen) atoms. The Bertz CT molecular complexity index is 717. The molecule has 0 spiro atoms. The number of rotatable bonds is 8. The second-order valence-corrected chi connectivity index (χ2v) is 6.39. The lowest BCUT2D eigenvalue weighted by molar-refractivity contribution is -0.121. The van der Waals surface area contributed by atoms with Crippen molar-refractivity contribution >= 4 is 27.7 Å². The molecule has 2 amide bonds. The van der Waals surface area contributed by atoms with Crippen LogP contribution in [0.3, 0.4) is 0 Å². The molecule has 2 rings (SSSR count). The highest BCUT2D eigenvalue weighted by Crippen LogP contribution is 2.15. The molecule has 0 aliphatic carbocycles. The summed E-state index contributed by atoms with van der Waals surface area (Å²) in [5.74, 6) is 0.506.